The van der Waals surface area contributed by atoms with Crippen molar-refractivity contribution in [1.82, 2.24) is 19.9 Å². The van der Waals surface area contributed by atoms with Crippen LogP contribution in [0.4, 0.5) is 15.3 Å². The Morgan fingerprint density at radius 3 is 2.75 bits per heavy atom. The fourth-order valence-corrected chi connectivity index (χ4v) is 5.42. The smallest absolute Gasteiger partial charge is 0.224 e. The molecule has 1 saturated heterocycles. The van der Waals surface area contributed by atoms with Gasteiger partial charge in [0.05, 0.1) is 4.70 Å². The fourth-order valence-electron chi connectivity index (χ4n) is 4.50. The van der Waals surface area contributed by atoms with Crippen LogP contribution in [0, 0.1) is 5.82 Å². The molecule has 1 fully saturated rings. The lowest BCUT2D eigenvalue weighted by atomic mass is 10.0. The predicted molar refractivity (Wildman–Crippen MR) is 139 cm³/mol. The molecule has 0 unspecified atom stereocenters. The van der Waals surface area contributed by atoms with Crippen LogP contribution in [-0.4, -0.2) is 51.4 Å². The van der Waals surface area contributed by atoms with Gasteiger partial charge < -0.3 is 15.0 Å². The molecule has 2 atom stereocenters. The number of fused-ring (bicyclic) bond motifs is 1. The molecule has 8 nitrogen and oxygen atoms in total. The number of carbonyl (C=O) groups is 1. The Morgan fingerprint density at radius 1 is 1.19 bits per heavy atom. The maximum atomic E-state index is 13.3. The molecule has 0 spiro atoms. The van der Waals surface area contributed by atoms with Gasteiger partial charge in [0.25, 0.3) is 0 Å². The van der Waals surface area contributed by atoms with Gasteiger partial charge in [0.15, 0.2) is 10.9 Å². The quantitative estimate of drug-likeness (QED) is 0.383. The van der Waals surface area contributed by atoms with Gasteiger partial charge in [-0.05, 0) is 43.7 Å². The standard InChI is InChI=1S/C26H27FN6O2S/c1-16-14-32(17(2)19-7-9-20(27)10-8-19)11-12-33(16)23-13-24(29-15-28-23)35-21-5-4-6-22-25(21)31-26(36-22)30-18(3)34/h4-10,13,15-17H,11-12,14H2,1-3H3,(H,30,31,34)/t16-,17+/m1/s1. The molecule has 0 bridgehead atoms. The molecule has 10 heteroatoms. The molecular weight excluding hydrogens is 479 g/mol. The number of ether oxygens (including phenoxy) is 1. The van der Waals surface area contributed by atoms with E-state index in [0.29, 0.717) is 22.3 Å². The third-order valence-corrected chi connectivity index (χ3v) is 7.30. The number of carbonyl (C=O) groups excluding carboxylic acids is 1. The van der Waals surface area contributed by atoms with Crippen LogP contribution in [0.2, 0.25) is 0 Å². The Morgan fingerprint density at radius 2 is 2.00 bits per heavy atom. The number of nitrogens with zero attached hydrogens (tertiary/aromatic N) is 5. The maximum absolute atomic E-state index is 13.3. The van der Waals surface area contributed by atoms with Crippen LogP contribution in [0.25, 0.3) is 10.2 Å². The molecule has 36 heavy (non-hydrogen) atoms. The van der Waals surface area contributed by atoms with Crippen molar-refractivity contribution in [2.24, 2.45) is 0 Å². The number of piperazine rings is 1. The van der Waals surface area contributed by atoms with Crippen LogP contribution in [0.5, 0.6) is 11.6 Å². The number of hydrogen-bond acceptors (Lipinski definition) is 8. The van der Waals surface area contributed by atoms with Crippen LogP contribution >= 0.6 is 11.3 Å². The number of rotatable bonds is 6. The van der Waals surface area contributed by atoms with Crippen molar-refractivity contribution in [3.05, 3.63) is 66.2 Å². The first-order chi connectivity index (χ1) is 17.4. The van der Waals surface area contributed by atoms with Crippen molar-refractivity contribution >= 4 is 38.4 Å². The first-order valence-corrected chi connectivity index (χ1v) is 12.6. The molecule has 2 aromatic carbocycles. The summed E-state index contributed by atoms with van der Waals surface area (Å²) in [4.78, 5) is 29.4. The number of amides is 1. The van der Waals surface area contributed by atoms with E-state index >= 15 is 0 Å². The molecule has 3 heterocycles. The van der Waals surface area contributed by atoms with Gasteiger partial charge in [0.1, 0.15) is 23.5 Å². The van der Waals surface area contributed by atoms with E-state index in [0.717, 1.165) is 35.7 Å². The summed E-state index contributed by atoms with van der Waals surface area (Å²) in [5, 5.41) is 3.25. The summed E-state index contributed by atoms with van der Waals surface area (Å²) in [6.07, 6.45) is 1.51. The third kappa shape index (κ3) is 5.14. The van der Waals surface area contributed by atoms with Crippen LogP contribution in [0.1, 0.15) is 32.4 Å². The molecule has 0 radical (unpaired) electrons. The Balaban J connectivity index is 1.30. The van der Waals surface area contributed by atoms with Gasteiger partial charge in [-0.3, -0.25) is 9.69 Å². The van der Waals surface area contributed by atoms with Crippen molar-refractivity contribution in [2.75, 3.05) is 29.9 Å². The van der Waals surface area contributed by atoms with Gasteiger partial charge in [0, 0.05) is 44.7 Å². The minimum absolute atomic E-state index is 0.168. The lowest BCUT2D eigenvalue weighted by Gasteiger charge is -2.43. The average molecular weight is 507 g/mol. The zero-order valence-electron chi connectivity index (χ0n) is 20.3. The van der Waals surface area contributed by atoms with E-state index in [1.165, 1.54) is 36.7 Å². The molecule has 1 N–H and O–H groups in total. The van der Waals surface area contributed by atoms with Crippen molar-refractivity contribution in [3.8, 4) is 11.6 Å². The SMILES string of the molecule is CC(=O)Nc1nc2c(Oc3cc(N4CCN([C@@H](C)c5ccc(F)cc5)C[C@H]4C)ncn3)cccc2s1. The highest BCUT2D eigenvalue weighted by Crippen LogP contribution is 2.35. The van der Waals surface area contributed by atoms with E-state index in [9.17, 15) is 9.18 Å². The summed E-state index contributed by atoms with van der Waals surface area (Å²) in [6, 6.07) is 14.6. The Hall–Kier alpha value is -3.63. The summed E-state index contributed by atoms with van der Waals surface area (Å²) in [7, 11) is 0. The largest absolute Gasteiger partial charge is 0.437 e. The molecular formula is C26H27FN6O2S. The van der Waals surface area contributed by atoms with Gasteiger partial charge >= 0.3 is 0 Å². The summed E-state index contributed by atoms with van der Waals surface area (Å²) in [6.45, 7) is 8.28. The van der Waals surface area contributed by atoms with E-state index in [1.807, 2.05) is 36.4 Å². The maximum Gasteiger partial charge on any atom is 0.224 e. The van der Waals surface area contributed by atoms with Crippen LogP contribution < -0.4 is 15.0 Å². The minimum Gasteiger partial charge on any atom is -0.437 e. The number of hydrogen-bond donors (Lipinski definition) is 1. The topological polar surface area (TPSA) is 83.5 Å². The second-order valence-electron chi connectivity index (χ2n) is 8.88. The number of anilines is 2. The summed E-state index contributed by atoms with van der Waals surface area (Å²) < 4.78 is 20.4. The molecule has 2 aromatic heterocycles. The molecule has 0 saturated carbocycles. The zero-order valence-corrected chi connectivity index (χ0v) is 21.1. The van der Waals surface area contributed by atoms with Crippen molar-refractivity contribution in [1.29, 1.82) is 0 Å². The van der Waals surface area contributed by atoms with Gasteiger partial charge in [0.2, 0.25) is 11.8 Å². The van der Waals surface area contributed by atoms with Crippen molar-refractivity contribution in [3.63, 3.8) is 0 Å². The van der Waals surface area contributed by atoms with Crippen LogP contribution in [0.3, 0.4) is 0 Å². The molecule has 1 aliphatic heterocycles. The van der Waals surface area contributed by atoms with Crippen molar-refractivity contribution < 1.29 is 13.9 Å². The summed E-state index contributed by atoms with van der Waals surface area (Å²) >= 11 is 1.39. The van der Waals surface area contributed by atoms with Gasteiger partial charge in [-0.1, -0.05) is 29.5 Å². The third-order valence-electron chi connectivity index (χ3n) is 6.36. The van der Waals surface area contributed by atoms with E-state index in [1.54, 1.807) is 0 Å². The summed E-state index contributed by atoms with van der Waals surface area (Å²) in [5.74, 6) is 1.40. The number of nitrogens with one attached hydrogen (secondary N) is 1. The first kappa shape index (κ1) is 24.1. The van der Waals surface area contributed by atoms with E-state index in [4.69, 9.17) is 4.74 Å². The number of para-hydroxylation sites is 1. The van der Waals surface area contributed by atoms with Crippen LogP contribution in [0.15, 0.2) is 54.9 Å². The molecule has 186 valence electrons. The number of halogens is 1. The minimum atomic E-state index is -0.217. The van der Waals surface area contributed by atoms with Crippen LogP contribution in [-0.2, 0) is 4.79 Å². The molecule has 1 aliphatic rings. The first-order valence-electron chi connectivity index (χ1n) is 11.8. The highest BCUT2D eigenvalue weighted by Gasteiger charge is 2.28. The summed E-state index contributed by atoms with van der Waals surface area (Å²) in [5.41, 5.74) is 1.77. The number of benzene rings is 2. The van der Waals surface area contributed by atoms with Crippen molar-refractivity contribution in [2.45, 2.75) is 32.9 Å². The predicted octanol–water partition coefficient (Wildman–Crippen LogP) is 5.25. The molecule has 0 aliphatic carbocycles. The highest BCUT2D eigenvalue weighted by atomic mass is 32.1. The van der Waals surface area contributed by atoms with Gasteiger partial charge in [-0.15, -0.1) is 0 Å². The lowest BCUT2D eigenvalue weighted by molar-refractivity contribution is -0.114. The Labute approximate surface area is 212 Å². The average Bonchev–Trinajstić information content (AvgIpc) is 3.27. The van der Waals surface area contributed by atoms with E-state index < -0.39 is 0 Å². The van der Waals surface area contributed by atoms with Gasteiger partial charge in [-0.25, -0.2) is 19.3 Å². The fraction of sp³-hybridized carbons (Fsp3) is 0.308. The Bertz CT molecular complexity index is 1380. The van der Waals surface area contributed by atoms with Gasteiger partial charge in [-0.2, -0.15) is 0 Å². The number of thiazole rings is 1. The van der Waals surface area contributed by atoms with E-state index in [2.05, 4.69) is 43.9 Å². The molecule has 5 rings (SSSR count). The van der Waals surface area contributed by atoms with E-state index in [-0.39, 0.29) is 23.8 Å². The molecule has 1 amide bonds. The Kier molecular flexibility index (Phi) is 6.80. The lowest BCUT2D eigenvalue weighted by Crippen LogP contribution is -2.52. The normalized spacial score (nSPS) is 17.2. The monoisotopic (exact) mass is 506 g/mol. The highest BCUT2D eigenvalue weighted by molar-refractivity contribution is 7.22. The second-order valence-corrected chi connectivity index (χ2v) is 9.92. The number of aromatic nitrogens is 3. The second kappa shape index (κ2) is 10.2. The zero-order chi connectivity index (χ0) is 25.2. The molecule has 4 aromatic rings.